The van der Waals surface area contributed by atoms with Crippen LogP contribution < -0.4 is 5.32 Å². The average molecular weight is 418 g/mol. The van der Waals surface area contributed by atoms with Gasteiger partial charge in [-0.3, -0.25) is 0 Å². The maximum Gasteiger partial charge on any atom is 0.320 e. The Balaban J connectivity index is 1.38. The molecular formula is C27H35N3O. The van der Waals surface area contributed by atoms with Crippen LogP contribution in [0.25, 0.3) is 0 Å². The van der Waals surface area contributed by atoms with Crippen molar-refractivity contribution in [3.05, 3.63) is 71.8 Å². The Morgan fingerprint density at radius 2 is 1.58 bits per heavy atom. The van der Waals surface area contributed by atoms with Crippen molar-refractivity contribution in [2.24, 2.45) is 5.92 Å². The molecule has 2 aliphatic carbocycles. The lowest BCUT2D eigenvalue weighted by atomic mass is 9.68. The summed E-state index contributed by atoms with van der Waals surface area (Å²) < 4.78 is 0. The van der Waals surface area contributed by atoms with Gasteiger partial charge >= 0.3 is 6.03 Å². The summed E-state index contributed by atoms with van der Waals surface area (Å²) in [6, 6.07) is 21.6. The summed E-state index contributed by atoms with van der Waals surface area (Å²) >= 11 is 0. The number of amides is 2. The monoisotopic (exact) mass is 417 g/mol. The molecular weight excluding hydrogens is 382 g/mol. The molecule has 2 aromatic rings. The number of nitrogens with one attached hydrogen (secondary N) is 1. The summed E-state index contributed by atoms with van der Waals surface area (Å²) in [5, 5.41) is 3.66. The Kier molecular flexibility index (Phi) is 5.51. The van der Waals surface area contributed by atoms with Gasteiger partial charge in [0.2, 0.25) is 0 Å². The van der Waals surface area contributed by atoms with Gasteiger partial charge in [0.1, 0.15) is 0 Å². The van der Waals surface area contributed by atoms with Gasteiger partial charge in [-0.2, -0.15) is 0 Å². The zero-order chi connectivity index (χ0) is 21.3. The highest BCUT2D eigenvalue weighted by Crippen LogP contribution is 2.47. The van der Waals surface area contributed by atoms with E-state index in [0.717, 1.165) is 45.3 Å². The number of carbonyl (C=O) groups is 1. The molecule has 4 nitrogen and oxygen atoms in total. The molecule has 164 valence electrons. The molecule has 0 bridgehead atoms. The quantitative estimate of drug-likeness (QED) is 0.705. The van der Waals surface area contributed by atoms with Gasteiger partial charge < -0.3 is 15.1 Å². The van der Waals surface area contributed by atoms with Crippen LogP contribution in [0.4, 0.5) is 4.79 Å². The lowest BCUT2D eigenvalue weighted by Crippen LogP contribution is -2.56. The number of benzene rings is 2. The molecule has 31 heavy (non-hydrogen) atoms. The van der Waals surface area contributed by atoms with Gasteiger partial charge in [-0.05, 0) is 62.6 Å². The molecule has 2 aromatic carbocycles. The van der Waals surface area contributed by atoms with Crippen molar-refractivity contribution >= 4 is 6.03 Å². The predicted octanol–water partition coefficient (Wildman–Crippen LogP) is 5.15. The molecule has 0 unspecified atom stereocenters. The van der Waals surface area contributed by atoms with E-state index in [1.165, 1.54) is 30.4 Å². The maximum atomic E-state index is 13.6. The average Bonchev–Trinajstić information content (AvgIpc) is 3.03. The fourth-order valence-electron chi connectivity index (χ4n) is 6.02. The van der Waals surface area contributed by atoms with Gasteiger partial charge in [0.15, 0.2) is 0 Å². The molecule has 1 saturated heterocycles. The molecule has 2 saturated carbocycles. The standard InChI is InChI=1S/C27H35N3O/c1-28-27(24-13-6-3-7-14-24)17-15-26(16-18-27)21-29(19-22-9-4-2-5-10-22)25(31)30(26)20-23-11-8-12-23/h2-7,9-10,13-14,23,28H,8,11-12,15-21H2,1H3. The molecule has 1 heterocycles. The molecule has 1 N–H and O–H groups in total. The normalized spacial score (nSPS) is 28.9. The van der Waals surface area contributed by atoms with Crippen LogP contribution >= 0.6 is 0 Å². The summed E-state index contributed by atoms with van der Waals surface area (Å²) in [6.07, 6.45) is 8.15. The molecule has 0 atom stereocenters. The highest BCUT2D eigenvalue weighted by Gasteiger charge is 2.54. The van der Waals surface area contributed by atoms with E-state index in [1.807, 2.05) is 6.07 Å². The Labute approximate surface area is 186 Å². The summed E-state index contributed by atoms with van der Waals surface area (Å²) in [4.78, 5) is 18.0. The third-order valence-electron chi connectivity index (χ3n) is 8.28. The summed E-state index contributed by atoms with van der Waals surface area (Å²) in [7, 11) is 2.10. The van der Waals surface area contributed by atoms with Gasteiger partial charge in [-0.1, -0.05) is 67.1 Å². The van der Waals surface area contributed by atoms with Gasteiger partial charge in [-0.15, -0.1) is 0 Å². The van der Waals surface area contributed by atoms with E-state index < -0.39 is 0 Å². The lowest BCUT2D eigenvalue weighted by molar-refractivity contribution is 0.0584. The number of rotatable bonds is 6. The number of hydrogen-bond acceptors (Lipinski definition) is 2. The molecule has 1 spiro atoms. The molecule has 1 aliphatic heterocycles. The zero-order valence-corrected chi connectivity index (χ0v) is 18.7. The van der Waals surface area contributed by atoms with Crippen molar-refractivity contribution < 1.29 is 4.79 Å². The van der Waals surface area contributed by atoms with Crippen molar-refractivity contribution in [1.82, 2.24) is 15.1 Å². The van der Waals surface area contributed by atoms with Crippen molar-refractivity contribution in [2.75, 3.05) is 20.1 Å². The Hall–Kier alpha value is -2.33. The minimum atomic E-state index is -0.0173. The lowest BCUT2D eigenvalue weighted by Gasteiger charge is -2.49. The topological polar surface area (TPSA) is 35.6 Å². The van der Waals surface area contributed by atoms with Crippen LogP contribution in [0.5, 0.6) is 0 Å². The van der Waals surface area contributed by atoms with Crippen molar-refractivity contribution in [3.8, 4) is 0 Å². The summed E-state index contributed by atoms with van der Waals surface area (Å²) in [5.41, 5.74) is 2.60. The first-order valence-corrected chi connectivity index (χ1v) is 12.0. The third kappa shape index (κ3) is 3.76. The smallest absolute Gasteiger partial charge is 0.318 e. The Bertz CT molecular complexity index is 885. The Morgan fingerprint density at radius 3 is 2.16 bits per heavy atom. The summed E-state index contributed by atoms with van der Waals surface area (Å²) in [6.45, 7) is 2.53. The van der Waals surface area contributed by atoms with Crippen LogP contribution in [0.3, 0.4) is 0 Å². The second kappa shape index (κ2) is 8.31. The first kappa shape index (κ1) is 20.6. The van der Waals surface area contributed by atoms with Crippen LogP contribution in [0.1, 0.15) is 56.1 Å². The van der Waals surface area contributed by atoms with Crippen molar-refractivity contribution in [2.45, 2.75) is 62.6 Å². The first-order valence-electron chi connectivity index (χ1n) is 12.0. The minimum Gasteiger partial charge on any atom is -0.318 e. The van der Waals surface area contributed by atoms with E-state index in [9.17, 15) is 4.79 Å². The highest BCUT2D eigenvalue weighted by molar-refractivity contribution is 5.78. The van der Waals surface area contributed by atoms with Crippen LogP contribution in [0.15, 0.2) is 60.7 Å². The predicted molar refractivity (Wildman–Crippen MR) is 125 cm³/mol. The third-order valence-corrected chi connectivity index (χ3v) is 8.28. The molecule has 3 fully saturated rings. The number of hydrogen-bond donors (Lipinski definition) is 1. The van der Waals surface area contributed by atoms with E-state index in [0.29, 0.717) is 5.92 Å². The molecule has 3 aliphatic rings. The number of nitrogens with zero attached hydrogens (tertiary/aromatic N) is 2. The summed E-state index contributed by atoms with van der Waals surface area (Å²) in [5.74, 6) is 0.697. The van der Waals surface area contributed by atoms with E-state index in [2.05, 4.69) is 76.8 Å². The van der Waals surface area contributed by atoms with E-state index >= 15 is 0 Å². The molecule has 4 heteroatoms. The first-order chi connectivity index (χ1) is 15.1. The molecule has 5 rings (SSSR count). The van der Waals surface area contributed by atoms with Crippen LogP contribution in [0, 0.1) is 5.92 Å². The van der Waals surface area contributed by atoms with Crippen molar-refractivity contribution in [1.29, 1.82) is 0 Å². The van der Waals surface area contributed by atoms with E-state index in [-0.39, 0.29) is 17.1 Å². The molecule has 0 radical (unpaired) electrons. The van der Waals surface area contributed by atoms with Crippen LogP contribution in [0.2, 0.25) is 0 Å². The van der Waals surface area contributed by atoms with Crippen LogP contribution in [-0.2, 0) is 12.1 Å². The highest BCUT2D eigenvalue weighted by atomic mass is 16.2. The van der Waals surface area contributed by atoms with E-state index in [1.54, 1.807) is 0 Å². The van der Waals surface area contributed by atoms with Gasteiger partial charge in [0, 0.05) is 25.2 Å². The van der Waals surface area contributed by atoms with E-state index in [4.69, 9.17) is 0 Å². The second-order valence-corrected chi connectivity index (χ2v) is 9.95. The second-order valence-electron chi connectivity index (χ2n) is 9.95. The molecule has 0 aromatic heterocycles. The van der Waals surface area contributed by atoms with Gasteiger partial charge in [0.25, 0.3) is 0 Å². The molecule has 2 amide bonds. The zero-order valence-electron chi connectivity index (χ0n) is 18.7. The SMILES string of the molecule is CNC1(c2ccccc2)CCC2(CC1)CN(Cc1ccccc1)C(=O)N2CC1CCC1. The maximum absolute atomic E-state index is 13.6. The largest absolute Gasteiger partial charge is 0.320 e. The number of urea groups is 1. The van der Waals surface area contributed by atoms with Crippen molar-refractivity contribution in [3.63, 3.8) is 0 Å². The fraction of sp³-hybridized carbons (Fsp3) is 0.519. The minimum absolute atomic E-state index is 0.0173. The Morgan fingerprint density at radius 1 is 0.935 bits per heavy atom. The van der Waals surface area contributed by atoms with Gasteiger partial charge in [-0.25, -0.2) is 4.79 Å². The van der Waals surface area contributed by atoms with Gasteiger partial charge in [0.05, 0.1) is 5.54 Å². The van der Waals surface area contributed by atoms with Crippen LogP contribution in [-0.4, -0.2) is 41.5 Å². The number of carbonyl (C=O) groups excluding carboxylic acids is 1. The fourth-order valence-corrected chi connectivity index (χ4v) is 6.02.